The van der Waals surface area contributed by atoms with Gasteiger partial charge in [0.1, 0.15) is 17.3 Å². The molecule has 3 unspecified atom stereocenters. The number of nitrogens with one attached hydrogen (secondary N) is 4. The standard InChI is InChI=1S/C20H28N6O4/c1-6-16-12(3)21-19(24-18(16)27)26-17(7-11(2)25-26)23-20(28)22-13-8-14(29-4)10-15(9-13)30-5/h7-10,12,16,19,21H,6H2,1-5H3,(H,24,27)(H2,22,23,28). The van der Waals surface area contributed by atoms with E-state index in [1.54, 1.807) is 28.9 Å². The highest BCUT2D eigenvalue weighted by Gasteiger charge is 2.34. The molecule has 0 saturated carbocycles. The first-order valence-electron chi connectivity index (χ1n) is 9.78. The summed E-state index contributed by atoms with van der Waals surface area (Å²) in [5.74, 6) is 1.40. The molecule has 3 rings (SSSR count). The Morgan fingerprint density at radius 3 is 2.40 bits per heavy atom. The van der Waals surface area contributed by atoms with Crippen LogP contribution in [0, 0.1) is 12.8 Å². The number of hydrogen-bond acceptors (Lipinski definition) is 6. The van der Waals surface area contributed by atoms with Crippen LogP contribution in [0.5, 0.6) is 11.5 Å². The average molecular weight is 416 g/mol. The van der Waals surface area contributed by atoms with Crippen molar-refractivity contribution in [1.82, 2.24) is 20.4 Å². The number of aryl methyl sites for hydroxylation is 1. The van der Waals surface area contributed by atoms with Crippen molar-refractivity contribution >= 4 is 23.4 Å². The Labute approximate surface area is 175 Å². The summed E-state index contributed by atoms with van der Waals surface area (Å²) < 4.78 is 12.0. The maximum atomic E-state index is 12.6. The van der Waals surface area contributed by atoms with Crippen LogP contribution in [0.25, 0.3) is 0 Å². The van der Waals surface area contributed by atoms with Crippen molar-refractivity contribution in [3.63, 3.8) is 0 Å². The molecule has 2 aromatic rings. The third kappa shape index (κ3) is 4.65. The molecule has 4 N–H and O–H groups in total. The summed E-state index contributed by atoms with van der Waals surface area (Å²) >= 11 is 0. The van der Waals surface area contributed by atoms with Crippen LogP contribution in [-0.4, -0.2) is 42.0 Å². The SMILES string of the molecule is CCC1C(=O)NC(n2nc(C)cc2NC(=O)Nc2cc(OC)cc(OC)c2)NC1C. The topological polar surface area (TPSA) is 119 Å². The van der Waals surface area contributed by atoms with Crippen LogP contribution in [0.2, 0.25) is 0 Å². The molecule has 3 atom stereocenters. The average Bonchev–Trinajstić information content (AvgIpc) is 3.07. The van der Waals surface area contributed by atoms with E-state index in [0.29, 0.717) is 28.7 Å². The maximum absolute atomic E-state index is 12.6. The zero-order valence-electron chi connectivity index (χ0n) is 17.8. The van der Waals surface area contributed by atoms with Gasteiger partial charge >= 0.3 is 6.03 Å². The number of rotatable bonds is 6. The van der Waals surface area contributed by atoms with E-state index in [1.807, 2.05) is 20.8 Å². The molecule has 0 bridgehead atoms. The smallest absolute Gasteiger partial charge is 0.324 e. The largest absolute Gasteiger partial charge is 0.497 e. The highest BCUT2D eigenvalue weighted by Crippen LogP contribution is 2.26. The van der Waals surface area contributed by atoms with Crippen LogP contribution >= 0.6 is 0 Å². The van der Waals surface area contributed by atoms with E-state index >= 15 is 0 Å². The number of carbonyl (C=O) groups excluding carboxylic acids is 2. The number of ether oxygens (including phenoxy) is 2. The molecule has 10 heteroatoms. The Morgan fingerprint density at radius 1 is 1.17 bits per heavy atom. The van der Waals surface area contributed by atoms with Gasteiger partial charge in [0.2, 0.25) is 5.91 Å². The van der Waals surface area contributed by atoms with Gasteiger partial charge in [-0.15, -0.1) is 0 Å². The number of carbonyl (C=O) groups is 2. The van der Waals surface area contributed by atoms with Crippen molar-refractivity contribution in [3.8, 4) is 11.5 Å². The minimum atomic E-state index is -0.559. The third-order valence-electron chi connectivity index (χ3n) is 5.03. The van der Waals surface area contributed by atoms with Gasteiger partial charge in [-0.25, -0.2) is 9.48 Å². The quantitative estimate of drug-likeness (QED) is 0.574. The van der Waals surface area contributed by atoms with E-state index in [9.17, 15) is 9.59 Å². The number of benzene rings is 1. The molecule has 162 valence electrons. The molecule has 0 radical (unpaired) electrons. The van der Waals surface area contributed by atoms with Crippen molar-refractivity contribution < 1.29 is 19.1 Å². The van der Waals surface area contributed by atoms with E-state index in [-0.39, 0.29) is 17.9 Å². The lowest BCUT2D eigenvalue weighted by Gasteiger charge is -2.35. The summed E-state index contributed by atoms with van der Waals surface area (Å²) in [6, 6.07) is 6.32. The first-order chi connectivity index (χ1) is 14.3. The molecule has 0 aliphatic carbocycles. The number of methoxy groups -OCH3 is 2. The van der Waals surface area contributed by atoms with Crippen molar-refractivity contribution in [1.29, 1.82) is 0 Å². The Balaban J connectivity index is 1.75. The number of nitrogens with zero attached hydrogens (tertiary/aromatic N) is 2. The predicted octanol–water partition coefficient (Wildman–Crippen LogP) is 2.44. The summed E-state index contributed by atoms with van der Waals surface area (Å²) in [5.41, 5.74) is 1.21. The molecule has 1 saturated heterocycles. The van der Waals surface area contributed by atoms with Crippen LogP contribution in [0.1, 0.15) is 32.3 Å². The van der Waals surface area contributed by atoms with Crippen LogP contribution in [0.15, 0.2) is 24.3 Å². The fourth-order valence-corrected chi connectivity index (χ4v) is 3.51. The molecule has 1 aromatic heterocycles. The minimum absolute atomic E-state index is 0.0239. The van der Waals surface area contributed by atoms with Crippen LogP contribution in [-0.2, 0) is 4.79 Å². The van der Waals surface area contributed by atoms with Crippen molar-refractivity contribution in [2.24, 2.45) is 5.92 Å². The second-order valence-corrected chi connectivity index (χ2v) is 7.18. The maximum Gasteiger partial charge on any atom is 0.324 e. The normalized spacial score (nSPS) is 21.0. The number of aromatic nitrogens is 2. The molecule has 10 nitrogen and oxygen atoms in total. The summed E-state index contributed by atoms with van der Waals surface area (Å²) in [4.78, 5) is 25.0. The van der Waals surface area contributed by atoms with Gasteiger partial charge in [0.25, 0.3) is 0 Å². The molecular formula is C20H28N6O4. The van der Waals surface area contributed by atoms with E-state index in [2.05, 4.69) is 26.4 Å². The minimum Gasteiger partial charge on any atom is -0.497 e. The summed E-state index contributed by atoms with van der Waals surface area (Å²) in [6.45, 7) is 5.76. The van der Waals surface area contributed by atoms with Crippen LogP contribution in [0.3, 0.4) is 0 Å². The van der Waals surface area contributed by atoms with Crippen molar-refractivity contribution in [2.45, 2.75) is 39.5 Å². The van der Waals surface area contributed by atoms with Gasteiger partial charge in [-0.1, -0.05) is 6.92 Å². The fraction of sp³-hybridized carbons (Fsp3) is 0.450. The molecule has 0 spiro atoms. The number of urea groups is 1. The Morgan fingerprint density at radius 2 is 1.83 bits per heavy atom. The van der Waals surface area contributed by atoms with Gasteiger partial charge in [-0.05, 0) is 20.3 Å². The molecular weight excluding hydrogens is 388 g/mol. The molecule has 1 aromatic carbocycles. The van der Waals surface area contributed by atoms with E-state index in [0.717, 1.165) is 6.42 Å². The number of amides is 3. The van der Waals surface area contributed by atoms with E-state index < -0.39 is 12.3 Å². The lowest BCUT2D eigenvalue weighted by atomic mass is 9.95. The Bertz CT molecular complexity index is 906. The second-order valence-electron chi connectivity index (χ2n) is 7.18. The predicted molar refractivity (Wildman–Crippen MR) is 113 cm³/mol. The first-order valence-corrected chi connectivity index (χ1v) is 9.78. The van der Waals surface area contributed by atoms with Crippen LogP contribution < -0.4 is 30.7 Å². The highest BCUT2D eigenvalue weighted by atomic mass is 16.5. The molecule has 30 heavy (non-hydrogen) atoms. The van der Waals surface area contributed by atoms with Gasteiger partial charge in [0.15, 0.2) is 6.29 Å². The molecule has 1 aliphatic heterocycles. The zero-order chi connectivity index (χ0) is 21.8. The number of hydrogen-bond donors (Lipinski definition) is 4. The lowest BCUT2D eigenvalue weighted by Crippen LogP contribution is -2.57. The van der Waals surface area contributed by atoms with Gasteiger partial charge in [0, 0.05) is 36.0 Å². The monoisotopic (exact) mass is 416 g/mol. The van der Waals surface area contributed by atoms with Crippen LogP contribution in [0.4, 0.5) is 16.3 Å². The van der Waals surface area contributed by atoms with E-state index in [4.69, 9.17) is 9.47 Å². The Hall–Kier alpha value is -3.27. The van der Waals surface area contributed by atoms with Gasteiger partial charge in [0.05, 0.1) is 25.8 Å². The van der Waals surface area contributed by atoms with Gasteiger partial charge in [-0.3, -0.25) is 15.4 Å². The third-order valence-corrected chi connectivity index (χ3v) is 5.03. The molecule has 3 amide bonds. The molecule has 2 heterocycles. The highest BCUT2D eigenvalue weighted by molar-refractivity contribution is 5.99. The van der Waals surface area contributed by atoms with E-state index in [1.165, 1.54) is 14.2 Å². The van der Waals surface area contributed by atoms with Crippen molar-refractivity contribution in [3.05, 3.63) is 30.0 Å². The summed E-state index contributed by atoms with van der Waals surface area (Å²) in [5, 5.41) is 16.2. The van der Waals surface area contributed by atoms with Gasteiger partial charge in [-0.2, -0.15) is 5.10 Å². The summed E-state index contributed by atoms with van der Waals surface area (Å²) in [7, 11) is 3.07. The summed E-state index contributed by atoms with van der Waals surface area (Å²) in [6.07, 6.45) is 0.179. The van der Waals surface area contributed by atoms with Gasteiger partial charge < -0.3 is 20.1 Å². The first kappa shape index (κ1) is 21.4. The van der Waals surface area contributed by atoms with Crippen molar-refractivity contribution in [2.75, 3.05) is 24.9 Å². The molecule has 1 fully saturated rings. The zero-order valence-corrected chi connectivity index (χ0v) is 17.8. The second kappa shape index (κ2) is 9.04. The Kier molecular flexibility index (Phi) is 6.46. The lowest BCUT2D eigenvalue weighted by molar-refractivity contribution is -0.130. The molecule has 1 aliphatic rings. The fourth-order valence-electron chi connectivity index (χ4n) is 3.51. The number of anilines is 2.